The predicted molar refractivity (Wildman–Crippen MR) is 41.1 cm³/mol. The largest absolute Gasteiger partial charge is 0.394 e. The van der Waals surface area contributed by atoms with Gasteiger partial charge in [0.2, 0.25) is 0 Å². The van der Waals surface area contributed by atoms with E-state index in [9.17, 15) is 13.2 Å². The van der Waals surface area contributed by atoms with E-state index in [1.165, 1.54) is 7.11 Å². The van der Waals surface area contributed by atoms with Gasteiger partial charge in [-0.1, -0.05) is 12.2 Å². The Morgan fingerprint density at radius 3 is 2.31 bits per heavy atom. The third-order valence-corrected chi connectivity index (χ3v) is 3.04. The fourth-order valence-electron chi connectivity index (χ4n) is 2.53. The van der Waals surface area contributed by atoms with Crippen LogP contribution in [-0.4, -0.2) is 19.4 Å². The summed E-state index contributed by atoms with van der Waals surface area (Å²) >= 11 is 0. The number of methoxy groups -OCH3 is 1. The van der Waals surface area contributed by atoms with Crippen LogP contribution in [0.25, 0.3) is 0 Å². The highest BCUT2D eigenvalue weighted by Crippen LogP contribution is 2.51. The second kappa shape index (κ2) is 2.74. The summed E-state index contributed by atoms with van der Waals surface area (Å²) in [5.74, 6) is -1.66. The highest BCUT2D eigenvalue weighted by atomic mass is 19.4. The Bertz CT molecular complexity index is 234. The normalized spacial score (nSPS) is 43.1. The summed E-state index contributed by atoms with van der Waals surface area (Å²) in [6.45, 7) is 0. The Morgan fingerprint density at radius 2 is 1.85 bits per heavy atom. The molecule has 0 heterocycles. The quantitative estimate of drug-likeness (QED) is 0.579. The third-order valence-electron chi connectivity index (χ3n) is 3.04. The number of halogens is 3. The van der Waals surface area contributed by atoms with Crippen LogP contribution in [0.4, 0.5) is 13.2 Å². The van der Waals surface area contributed by atoms with Crippen LogP contribution in [0.15, 0.2) is 12.2 Å². The van der Waals surface area contributed by atoms with Crippen molar-refractivity contribution in [3.63, 3.8) is 0 Å². The number of ether oxygens (including phenoxy) is 1. The maximum absolute atomic E-state index is 12.5. The Morgan fingerprint density at radius 1 is 1.23 bits per heavy atom. The fraction of sp³-hybridized carbons (Fsp3) is 0.778. The van der Waals surface area contributed by atoms with E-state index in [-0.39, 0.29) is 11.8 Å². The molecule has 74 valence electrons. The summed E-state index contributed by atoms with van der Waals surface area (Å²) in [5, 5.41) is 0. The van der Waals surface area contributed by atoms with Gasteiger partial charge in [-0.3, -0.25) is 0 Å². The molecule has 4 unspecified atom stereocenters. The summed E-state index contributed by atoms with van der Waals surface area (Å²) in [6.07, 6.45) is -0.651. The zero-order chi connectivity index (χ0) is 9.64. The van der Waals surface area contributed by atoms with Crippen LogP contribution < -0.4 is 0 Å². The summed E-state index contributed by atoms with van der Waals surface area (Å²) in [4.78, 5) is 0. The van der Waals surface area contributed by atoms with Crippen LogP contribution >= 0.6 is 0 Å². The van der Waals surface area contributed by atoms with E-state index < -0.39 is 18.2 Å². The van der Waals surface area contributed by atoms with Gasteiger partial charge >= 0.3 is 6.18 Å². The van der Waals surface area contributed by atoms with Crippen molar-refractivity contribution < 1.29 is 17.9 Å². The lowest BCUT2D eigenvalue weighted by Gasteiger charge is -2.28. The highest BCUT2D eigenvalue weighted by Gasteiger charge is 2.57. The van der Waals surface area contributed by atoms with E-state index in [0.29, 0.717) is 6.42 Å². The molecule has 2 aliphatic rings. The Balaban J connectivity index is 2.23. The Kier molecular flexibility index (Phi) is 1.91. The number of hydrogen-bond acceptors (Lipinski definition) is 1. The minimum atomic E-state index is -4.12. The van der Waals surface area contributed by atoms with Gasteiger partial charge in [-0.05, 0) is 12.3 Å². The first kappa shape index (κ1) is 9.06. The zero-order valence-corrected chi connectivity index (χ0v) is 7.21. The molecule has 4 atom stereocenters. The summed E-state index contributed by atoms with van der Waals surface area (Å²) < 4.78 is 42.5. The SMILES string of the molecule is COC1C2C=CC(C2)C1C(F)(F)F. The molecule has 0 N–H and O–H groups in total. The van der Waals surface area contributed by atoms with Crippen LogP contribution in [0.5, 0.6) is 0 Å². The molecular weight excluding hydrogens is 181 g/mol. The molecule has 13 heavy (non-hydrogen) atoms. The maximum atomic E-state index is 12.5. The van der Waals surface area contributed by atoms with E-state index in [2.05, 4.69) is 0 Å². The van der Waals surface area contributed by atoms with Crippen molar-refractivity contribution >= 4 is 0 Å². The van der Waals surface area contributed by atoms with Gasteiger partial charge in [0.1, 0.15) is 0 Å². The van der Waals surface area contributed by atoms with Gasteiger partial charge in [-0.15, -0.1) is 0 Å². The van der Waals surface area contributed by atoms with E-state index in [4.69, 9.17) is 4.74 Å². The maximum Gasteiger partial charge on any atom is 0.394 e. The first-order valence-electron chi connectivity index (χ1n) is 4.32. The molecule has 2 bridgehead atoms. The average molecular weight is 192 g/mol. The van der Waals surface area contributed by atoms with Crippen molar-refractivity contribution in [3.05, 3.63) is 12.2 Å². The second-order valence-corrected chi connectivity index (χ2v) is 3.72. The monoisotopic (exact) mass is 192 g/mol. The van der Waals surface area contributed by atoms with Gasteiger partial charge in [0.05, 0.1) is 12.0 Å². The molecular formula is C9H11F3O. The minimum absolute atomic E-state index is 0.0263. The van der Waals surface area contributed by atoms with Crippen molar-refractivity contribution in [3.8, 4) is 0 Å². The molecule has 0 saturated heterocycles. The van der Waals surface area contributed by atoms with E-state index in [1.54, 1.807) is 6.08 Å². The molecule has 4 heteroatoms. The van der Waals surface area contributed by atoms with Gasteiger partial charge < -0.3 is 4.74 Å². The van der Waals surface area contributed by atoms with Crippen LogP contribution in [0, 0.1) is 17.8 Å². The lowest BCUT2D eigenvalue weighted by Crippen LogP contribution is -2.38. The second-order valence-electron chi connectivity index (χ2n) is 3.72. The summed E-state index contributed by atoms with van der Waals surface area (Å²) in [6, 6.07) is 0. The lowest BCUT2D eigenvalue weighted by molar-refractivity contribution is -0.206. The number of alkyl halides is 3. The number of fused-ring (bicyclic) bond motifs is 2. The first-order valence-corrected chi connectivity index (χ1v) is 4.32. The number of allylic oxidation sites excluding steroid dienone is 1. The minimum Gasteiger partial charge on any atom is -0.380 e. The topological polar surface area (TPSA) is 9.23 Å². The van der Waals surface area contributed by atoms with Gasteiger partial charge in [0.25, 0.3) is 0 Å². The van der Waals surface area contributed by atoms with Crippen LogP contribution in [0.1, 0.15) is 6.42 Å². The van der Waals surface area contributed by atoms with Crippen LogP contribution in [0.3, 0.4) is 0 Å². The molecule has 2 rings (SSSR count). The lowest BCUT2D eigenvalue weighted by atomic mass is 9.90. The van der Waals surface area contributed by atoms with Crippen LogP contribution in [0.2, 0.25) is 0 Å². The van der Waals surface area contributed by atoms with Crippen molar-refractivity contribution in [1.29, 1.82) is 0 Å². The van der Waals surface area contributed by atoms with Crippen molar-refractivity contribution in [2.45, 2.75) is 18.7 Å². The van der Waals surface area contributed by atoms with Crippen molar-refractivity contribution in [1.82, 2.24) is 0 Å². The molecule has 1 saturated carbocycles. The van der Waals surface area contributed by atoms with Crippen molar-refractivity contribution in [2.75, 3.05) is 7.11 Å². The Hall–Kier alpha value is -0.510. The summed E-state index contributed by atoms with van der Waals surface area (Å²) in [5.41, 5.74) is 0. The molecule has 0 aliphatic heterocycles. The molecule has 1 fully saturated rings. The molecule has 2 aliphatic carbocycles. The average Bonchev–Trinajstić information content (AvgIpc) is 2.59. The molecule has 0 aromatic heterocycles. The van der Waals surface area contributed by atoms with E-state index in [1.807, 2.05) is 6.08 Å². The molecule has 0 spiro atoms. The molecule has 0 amide bonds. The van der Waals surface area contributed by atoms with Gasteiger partial charge in [-0.2, -0.15) is 13.2 Å². The predicted octanol–water partition coefficient (Wildman–Crippen LogP) is 2.39. The number of rotatable bonds is 1. The highest BCUT2D eigenvalue weighted by molar-refractivity contribution is 5.15. The first-order chi connectivity index (χ1) is 6.04. The van der Waals surface area contributed by atoms with E-state index in [0.717, 1.165) is 0 Å². The molecule has 0 radical (unpaired) electrons. The van der Waals surface area contributed by atoms with Gasteiger partial charge in [-0.25, -0.2) is 0 Å². The number of hydrogen-bond donors (Lipinski definition) is 0. The van der Waals surface area contributed by atoms with Gasteiger partial charge in [0, 0.05) is 13.0 Å². The third kappa shape index (κ3) is 1.27. The molecule has 1 nitrogen and oxygen atoms in total. The molecule has 0 aromatic carbocycles. The Labute approximate surface area is 74.6 Å². The zero-order valence-electron chi connectivity index (χ0n) is 7.21. The summed E-state index contributed by atoms with van der Waals surface area (Å²) in [7, 11) is 1.36. The smallest absolute Gasteiger partial charge is 0.380 e. The standard InChI is InChI=1S/C9H11F3O/c1-13-8-6-3-2-5(4-6)7(8)9(10,11)12/h2-3,5-8H,4H2,1H3. The van der Waals surface area contributed by atoms with Crippen LogP contribution in [-0.2, 0) is 4.74 Å². The fourth-order valence-corrected chi connectivity index (χ4v) is 2.53. The van der Waals surface area contributed by atoms with Gasteiger partial charge in [0.15, 0.2) is 0 Å². The molecule has 0 aromatic rings. The van der Waals surface area contributed by atoms with Crippen molar-refractivity contribution in [2.24, 2.45) is 17.8 Å². The van der Waals surface area contributed by atoms with E-state index >= 15 is 0 Å².